The predicted molar refractivity (Wildman–Crippen MR) is 184 cm³/mol. The van der Waals surface area contributed by atoms with E-state index in [1.54, 1.807) is 7.11 Å². The molecule has 5 N–H and O–H groups in total. The van der Waals surface area contributed by atoms with E-state index < -0.39 is 28.1 Å². The maximum atomic E-state index is 13.5. The van der Waals surface area contributed by atoms with E-state index in [0.717, 1.165) is 68.5 Å². The van der Waals surface area contributed by atoms with Crippen LogP contribution < -0.4 is 25.2 Å². The summed E-state index contributed by atoms with van der Waals surface area (Å²) in [6.07, 6.45) is 0.494. The molecule has 1 atom stereocenters. The average molecular weight is 730 g/mol. The van der Waals surface area contributed by atoms with Crippen molar-refractivity contribution in [3.63, 3.8) is 0 Å². The number of H-pyrrole nitrogens is 1. The molecule has 2 heterocycles. The molecule has 5 rings (SSSR count). The lowest BCUT2D eigenvalue weighted by molar-refractivity contribution is -0.434. The average Bonchev–Trinajstić information content (AvgIpc) is 3.67. The zero-order valence-corrected chi connectivity index (χ0v) is 28.9. The number of nitrogens with one attached hydrogen (secondary N) is 3. The van der Waals surface area contributed by atoms with Gasteiger partial charge in [-0.2, -0.15) is 13.2 Å². The van der Waals surface area contributed by atoms with Crippen LogP contribution >= 0.6 is 0 Å². The number of unbranched alkanes of at least 4 members (excludes halogenated alkanes) is 2. The summed E-state index contributed by atoms with van der Waals surface area (Å²) in [5, 5.41) is 17.3. The van der Waals surface area contributed by atoms with Crippen molar-refractivity contribution in [3.8, 4) is 5.75 Å². The third-order valence-corrected chi connectivity index (χ3v) is 8.62. The number of nitrogens with two attached hydrogens (primary N) is 1. The van der Waals surface area contributed by atoms with Gasteiger partial charge in [-0.25, -0.2) is 13.4 Å². The van der Waals surface area contributed by atoms with Gasteiger partial charge in [0.15, 0.2) is 5.70 Å². The van der Waals surface area contributed by atoms with Gasteiger partial charge in [-0.3, -0.25) is 19.6 Å². The summed E-state index contributed by atoms with van der Waals surface area (Å²) in [6.45, 7) is 1.96. The Morgan fingerprint density at radius 1 is 1.00 bits per heavy atom. The van der Waals surface area contributed by atoms with Gasteiger partial charge < -0.3 is 24.9 Å². The van der Waals surface area contributed by atoms with Crippen molar-refractivity contribution in [2.24, 2.45) is 4.99 Å². The maximum Gasteiger partial charge on any atom is 0.430 e. The van der Waals surface area contributed by atoms with Crippen molar-refractivity contribution in [1.82, 2.24) is 15.0 Å². The van der Waals surface area contributed by atoms with Gasteiger partial charge in [0.2, 0.25) is 27.7 Å². The summed E-state index contributed by atoms with van der Waals surface area (Å²) in [4.78, 5) is 42.2. The first kappa shape index (κ1) is 38.6. The van der Waals surface area contributed by atoms with Crippen molar-refractivity contribution in [2.45, 2.75) is 57.7 Å². The van der Waals surface area contributed by atoms with Crippen LogP contribution in [0, 0.1) is 6.92 Å². The Kier molecular flexibility index (Phi) is 12.6. The first-order valence-corrected chi connectivity index (χ1v) is 17.8. The van der Waals surface area contributed by atoms with Crippen LogP contribution in [-0.2, 0) is 30.8 Å². The number of nitrogens with zero attached hydrogens (tertiary/aromatic N) is 1. The Balaban J connectivity index is 0.000000755. The number of aromatic amines is 1. The molecule has 0 spiro atoms. The van der Waals surface area contributed by atoms with Crippen LogP contribution in [-0.4, -0.2) is 62.6 Å². The van der Waals surface area contributed by atoms with Gasteiger partial charge in [0, 0.05) is 28.6 Å². The van der Waals surface area contributed by atoms with Crippen molar-refractivity contribution in [3.05, 3.63) is 83.7 Å². The Morgan fingerprint density at radius 2 is 1.71 bits per heavy atom. The third kappa shape index (κ3) is 11.1. The zero-order chi connectivity index (χ0) is 37.3. The minimum atomic E-state index is -5.19. The van der Waals surface area contributed by atoms with Gasteiger partial charge in [0.25, 0.3) is 0 Å². The number of quaternary nitrogens is 1. The number of ether oxygens (including phenoxy) is 1. The molecule has 16 heteroatoms. The highest BCUT2D eigenvalue weighted by Crippen LogP contribution is 2.27. The van der Waals surface area contributed by atoms with Crippen molar-refractivity contribution < 1.29 is 51.1 Å². The van der Waals surface area contributed by atoms with E-state index in [-0.39, 0.29) is 24.8 Å². The number of carboxylic acid groups (broad SMARTS) is 1. The molecule has 0 unspecified atom stereocenters. The second-order valence-corrected chi connectivity index (χ2v) is 13.7. The third-order valence-electron chi connectivity index (χ3n) is 8.02. The zero-order valence-electron chi connectivity index (χ0n) is 28.1. The van der Waals surface area contributed by atoms with E-state index in [2.05, 4.69) is 40.6 Å². The number of methoxy groups -OCH3 is 1. The van der Waals surface area contributed by atoms with Crippen LogP contribution in [0.25, 0.3) is 27.4 Å². The molecule has 272 valence electrons. The number of hydrogen-bond acceptors (Lipinski definition) is 8. The highest BCUT2D eigenvalue weighted by Gasteiger charge is 2.29. The van der Waals surface area contributed by atoms with E-state index in [9.17, 15) is 31.2 Å². The molecular weight excluding hydrogens is 691 g/mol. The fraction of sp³-hybridized carbons (Fsp3) is 0.314. The number of hydrogen-bond donors (Lipinski definition) is 4. The molecule has 0 radical (unpaired) electrons. The number of aromatic nitrogens is 1. The summed E-state index contributed by atoms with van der Waals surface area (Å²) in [5.74, 6) is -2.14. The van der Waals surface area contributed by atoms with Gasteiger partial charge in [-0.05, 0) is 66.4 Å². The molecule has 0 fully saturated rings. The lowest BCUT2D eigenvalue weighted by atomic mass is 10.0. The SMILES string of the molecule is COc1ccc2[nH]c(C)c(CC(=O)N[C@@H](CCCCCC(=O)NS(C)(=O)=O)C3=NC=C(c4ccc5ccccc5c4)[NH2+]3)c2c1.O=C([O-])C(F)(F)F. The standard InChI is InChI=1S/C33H37N5O5S.C2HF3O2/c1-21-26(27-18-25(43-2)15-16-28(27)35-21)19-32(40)36-29(11-5-4-6-12-31(39)38-44(3,41)42)33-34-20-30(37-33)24-14-13-22-9-7-8-10-23(22)17-24;3-2(4,5)1(6)7/h7-10,13-18,20,29,35H,4-6,11-12,19H2,1-3H3,(H,34,37)(H,36,40)(H,38,39);(H,6,7)/t29-;/m0./s1. The van der Waals surface area contributed by atoms with Crippen LogP contribution in [0.1, 0.15) is 48.9 Å². The number of aliphatic carboxylic acids is 1. The Bertz CT molecular complexity index is 2090. The lowest BCUT2D eigenvalue weighted by Gasteiger charge is -2.17. The summed E-state index contributed by atoms with van der Waals surface area (Å²) >= 11 is 0. The van der Waals surface area contributed by atoms with Crippen molar-refractivity contribution in [1.29, 1.82) is 0 Å². The predicted octanol–water partition coefficient (Wildman–Crippen LogP) is 2.96. The molecule has 3 aromatic carbocycles. The van der Waals surface area contributed by atoms with E-state index in [1.807, 2.05) is 53.5 Å². The highest BCUT2D eigenvalue weighted by atomic mass is 32.2. The summed E-state index contributed by atoms with van der Waals surface area (Å²) < 4.78 is 61.6. The Hall–Kier alpha value is -5.22. The number of halogens is 3. The number of benzene rings is 3. The van der Waals surface area contributed by atoms with Crippen LogP contribution in [0.3, 0.4) is 0 Å². The van der Waals surface area contributed by atoms with Gasteiger partial charge in [0.05, 0.1) is 26.0 Å². The van der Waals surface area contributed by atoms with E-state index in [4.69, 9.17) is 19.6 Å². The van der Waals surface area contributed by atoms with Crippen molar-refractivity contribution >= 4 is 61.0 Å². The number of amides is 2. The minimum Gasteiger partial charge on any atom is -0.542 e. The monoisotopic (exact) mass is 729 g/mol. The molecule has 0 aliphatic carbocycles. The Morgan fingerprint density at radius 3 is 2.37 bits per heavy atom. The second kappa shape index (κ2) is 16.7. The quantitative estimate of drug-likeness (QED) is 0.152. The molecule has 1 aliphatic rings. The highest BCUT2D eigenvalue weighted by molar-refractivity contribution is 7.89. The molecule has 1 aromatic heterocycles. The minimum absolute atomic E-state index is 0.119. The topological polar surface area (TPSA) is 186 Å². The molecule has 4 aromatic rings. The van der Waals surface area contributed by atoms with Crippen molar-refractivity contribution in [2.75, 3.05) is 13.4 Å². The van der Waals surface area contributed by atoms with E-state index in [1.165, 1.54) is 0 Å². The Labute approximate surface area is 292 Å². The number of carboxylic acids is 1. The first-order valence-electron chi connectivity index (χ1n) is 15.9. The second-order valence-electron chi connectivity index (χ2n) is 12.0. The number of alkyl halides is 3. The molecule has 0 bridgehead atoms. The molecule has 0 saturated heterocycles. The van der Waals surface area contributed by atoms with Gasteiger partial charge in [0.1, 0.15) is 17.8 Å². The molecule has 1 aliphatic heterocycles. The van der Waals surface area contributed by atoms with Gasteiger partial charge in [-0.1, -0.05) is 43.2 Å². The number of fused-ring (bicyclic) bond motifs is 2. The first-order chi connectivity index (χ1) is 24.0. The summed E-state index contributed by atoms with van der Waals surface area (Å²) in [7, 11) is -1.95. The number of sulfonamides is 1. The number of amidine groups is 1. The number of aryl methyl sites for hydroxylation is 1. The van der Waals surface area contributed by atoms with E-state index >= 15 is 0 Å². The molecule has 0 saturated carbocycles. The van der Waals surface area contributed by atoms with Gasteiger partial charge in [-0.15, -0.1) is 0 Å². The van der Waals surface area contributed by atoms with E-state index in [0.29, 0.717) is 19.3 Å². The summed E-state index contributed by atoms with van der Waals surface area (Å²) in [5.41, 5.74) is 4.81. The molecule has 2 amide bonds. The fourth-order valence-corrected chi connectivity index (χ4v) is 6.10. The molecular formula is C35H38F3N5O7S. The molecule has 12 nitrogen and oxygen atoms in total. The number of aliphatic imine (C=N–C) groups is 1. The normalized spacial score (nSPS) is 13.5. The number of carbonyl (C=O) groups is 3. The lowest BCUT2D eigenvalue weighted by Crippen LogP contribution is -2.87. The van der Waals surface area contributed by atoms with Crippen LogP contribution in [0.15, 0.2) is 71.9 Å². The number of rotatable bonds is 13. The maximum absolute atomic E-state index is 13.5. The summed E-state index contributed by atoms with van der Waals surface area (Å²) in [6, 6.07) is 19.9. The smallest absolute Gasteiger partial charge is 0.430 e. The van der Waals surface area contributed by atoms with Crippen LogP contribution in [0.5, 0.6) is 5.75 Å². The molecule has 51 heavy (non-hydrogen) atoms. The van der Waals surface area contributed by atoms with Gasteiger partial charge >= 0.3 is 6.18 Å². The fourth-order valence-electron chi connectivity index (χ4n) is 5.58. The largest absolute Gasteiger partial charge is 0.542 e. The van der Waals surface area contributed by atoms with Crippen LogP contribution in [0.4, 0.5) is 13.2 Å². The van der Waals surface area contributed by atoms with Crippen LogP contribution in [0.2, 0.25) is 0 Å². The number of carbonyl (C=O) groups excluding carboxylic acids is 3.